The van der Waals surface area contributed by atoms with Crippen LogP contribution in [-0.2, 0) is 10.8 Å². The summed E-state index contributed by atoms with van der Waals surface area (Å²) in [7, 11) is 0. The molecule has 230 valence electrons. The number of aromatic hydroxyl groups is 1. The van der Waals surface area contributed by atoms with Gasteiger partial charge in [-0.25, -0.2) is 9.59 Å². The summed E-state index contributed by atoms with van der Waals surface area (Å²) in [5.74, 6) is 0.209. The number of fused-ring (bicyclic) bond motifs is 6. The van der Waals surface area contributed by atoms with Crippen molar-refractivity contribution in [2.75, 3.05) is 0 Å². The molecule has 1 N–H and O–H groups in total. The van der Waals surface area contributed by atoms with E-state index in [1.165, 1.54) is 0 Å². The van der Waals surface area contributed by atoms with Gasteiger partial charge in [0.25, 0.3) is 0 Å². The van der Waals surface area contributed by atoms with Crippen LogP contribution < -0.4 is 16.0 Å². The summed E-state index contributed by atoms with van der Waals surface area (Å²) in [4.78, 5) is 39.9. The Hall–Kier alpha value is -3.93. The normalized spacial score (nSPS) is 19.0. The van der Waals surface area contributed by atoms with Crippen LogP contribution in [0.3, 0.4) is 0 Å². The van der Waals surface area contributed by atoms with Crippen molar-refractivity contribution in [3.8, 4) is 11.5 Å². The third-order valence-corrected chi connectivity index (χ3v) is 10.0. The standard InChI is InChI=1S/C38H42O6/c1-19(2)23-17-21-9-11-25-31(27(39)13-15-37(25,5)6)29(21)33(40)34(23)43-28-14-16-38(7,8)26-12-10-22-18-24(20(3)4)35(41)44-36(42)30(22)32(26)28/h9-12,17-20,28,40H,13-16H2,1-8H3/t28-/m0/s1. The molecule has 2 aliphatic carbocycles. The molecule has 0 aliphatic heterocycles. The minimum atomic E-state index is -0.686. The largest absolute Gasteiger partial charge is 0.504 e. The first-order valence-electron chi connectivity index (χ1n) is 15.8. The highest BCUT2D eigenvalue weighted by atomic mass is 16.5. The predicted octanol–water partition coefficient (Wildman–Crippen LogP) is 8.70. The maximum Gasteiger partial charge on any atom is 0.347 e. The van der Waals surface area contributed by atoms with Crippen molar-refractivity contribution < 1.29 is 19.1 Å². The second-order valence-corrected chi connectivity index (χ2v) is 14.6. The van der Waals surface area contributed by atoms with Crippen LogP contribution in [0, 0.1) is 0 Å². The molecule has 0 bridgehead atoms. The Kier molecular flexibility index (Phi) is 7.06. The van der Waals surface area contributed by atoms with E-state index in [4.69, 9.17) is 9.15 Å². The SMILES string of the molecule is CC(C)c1cc2ccc3c(c2c(O)c1O[C@H]1CCC(C)(C)c2ccc4cc(C(C)C)c(=O)oc(=O)c4c21)C(=O)CCC3(C)C. The number of carbonyl (C=O) groups excluding carboxylic acids is 1. The Morgan fingerprint density at radius 1 is 0.795 bits per heavy atom. The molecule has 2 aliphatic rings. The van der Waals surface area contributed by atoms with E-state index in [1.54, 1.807) is 6.07 Å². The Bertz CT molecular complexity index is 1970. The molecule has 0 unspecified atom stereocenters. The lowest BCUT2D eigenvalue weighted by molar-refractivity contribution is 0.0958. The van der Waals surface area contributed by atoms with Gasteiger partial charge in [-0.3, -0.25) is 4.79 Å². The third kappa shape index (κ3) is 4.65. The van der Waals surface area contributed by atoms with Crippen molar-refractivity contribution in [2.24, 2.45) is 0 Å². The topological polar surface area (TPSA) is 93.8 Å². The Morgan fingerprint density at radius 2 is 1.39 bits per heavy atom. The summed E-state index contributed by atoms with van der Waals surface area (Å²) in [5.41, 5.74) is 2.66. The molecule has 0 saturated heterocycles. The van der Waals surface area contributed by atoms with Gasteiger partial charge in [-0.15, -0.1) is 0 Å². The Balaban J connectivity index is 1.63. The molecular weight excluding hydrogens is 552 g/mol. The Morgan fingerprint density at radius 3 is 2.05 bits per heavy atom. The van der Waals surface area contributed by atoms with Crippen LogP contribution in [0.15, 0.2) is 50.4 Å². The number of benzene rings is 3. The minimum absolute atomic E-state index is 0.00925. The lowest BCUT2D eigenvalue weighted by atomic mass is 9.70. The first-order chi connectivity index (χ1) is 20.6. The first-order valence-corrected chi connectivity index (χ1v) is 15.8. The molecule has 0 saturated carbocycles. The lowest BCUT2D eigenvalue weighted by Crippen LogP contribution is -2.30. The van der Waals surface area contributed by atoms with Crippen LogP contribution in [0.5, 0.6) is 11.5 Å². The van der Waals surface area contributed by atoms with E-state index in [2.05, 4.69) is 27.7 Å². The number of ether oxygens (including phenoxy) is 1. The highest BCUT2D eigenvalue weighted by Gasteiger charge is 2.38. The fourth-order valence-corrected chi connectivity index (χ4v) is 7.33. The average Bonchev–Trinajstić information content (AvgIpc) is 3.08. The molecule has 44 heavy (non-hydrogen) atoms. The van der Waals surface area contributed by atoms with Crippen molar-refractivity contribution >= 4 is 27.3 Å². The van der Waals surface area contributed by atoms with Gasteiger partial charge in [0.1, 0.15) is 6.10 Å². The monoisotopic (exact) mass is 594 g/mol. The molecule has 6 nitrogen and oxygen atoms in total. The van der Waals surface area contributed by atoms with E-state index in [0.717, 1.165) is 34.9 Å². The molecule has 3 aromatic carbocycles. The molecule has 1 aromatic heterocycles. The molecule has 1 heterocycles. The van der Waals surface area contributed by atoms with Crippen molar-refractivity contribution in [1.82, 2.24) is 0 Å². The van der Waals surface area contributed by atoms with Gasteiger partial charge in [0, 0.05) is 34.1 Å². The van der Waals surface area contributed by atoms with Crippen molar-refractivity contribution in [2.45, 2.75) is 110 Å². The zero-order valence-corrected chi connectivity index (χ0v) is 27.0. The molecule has 1 atom stereocenters. The van der Waals surface area contributed by atoms with Gasteiger partial charge in [0.05, 0.1) is 5.39 Å². The van der Waals surface area contributed by atoms with Crippen LogP contribution >= 0.6 is 0 Å². The van der Waals surface area contributed by atoms with Gasteiger partial charge in [-0.2, -0.15) is 0 Å². The van der Waals surface area contributed by atoms with Crippen LogP contribution in [0.1, 0.15) is 137 Å². The number of hydrogen-bond donors (Lipinski definition) is 1. The van der Waals surface area contributed by atoms with E-state index >= 15 is 0 Å². The number of phenolic OH excluding ortho intramolecular Hbond substituents is 1. The third-order valence-electron chi connectivity index (χ3n) is 10.0. The number of Topliss-reactive ketones (excluding diaryl/α,β-unsaturated/α-hetero) is 1. The zero-order valence-electron chi connectivity index (χ0n) is 27.0. The van der Waals surface area contributed by atoms with Gasteiger partial charge in [0.2, 0.25) is 0 Å². The fraction of sp³-hybridized carbons (Fsp3) is 0.447. The van der Waals surface area contributed by atoms with Crippen LogP contribution in [0.4, 0.5) is 0 Å². The number of rotatable bonds is 4. The molecule has 6 heteroatoms. The van der Waals surface area contributed by atoms with Crippen molar-refractivity contribution in [3.05, 3.63) is 90.6 Å². The minimum Gasteiger partial charge on any atom is -0.504 e. The van der Waals surface area contributed by atoms with Gasteiger partial charge in [-0.05, 0) is 76.0 Å². The fourth-order valence-electron chi connectivity index (χ4n) is 7.33. The smallest absolute Gasteiger partial charge is 0.347 e. The Labute approximate surface area is 258 Å². The molecular formula is C38H42O6. The predicted molar refractivity (Wildman–Crippen MR) is 175 cm³/mol. The highest BCUT2D eigenvalue weighted by molar-refractivity contribution is 6.13. The zero-order chi connectivity index (χ0) is 31.9. The summed E-state index contributed by atoms with van der Waals surface area (Å²) in [6.07, 6.45) is 1.97. The molecule has 0 amide bonds. The molecule has 0 fully saturated rings. The van der Waals surface area contributed by atoms with Gasteiger partial charge >= 0.3 is 11.3 Å². The van der Waals surface area contributed by atoms with E-state index in [9.17, 15) is 19.5 Å². The number of hydrogen-bond acceptors (Lipinski definition) is 6. The highest BCUT2D eigenvalue weighted by Crippen LogP contribution is 2.51. The summed E-state index contributed by atoms with van der Waals surface area (Å²) < 4.78 is 12.3. The van der Waals surface area contributed by atoms with Crippen LogP contribution in [0.2, 0.25) is 0 Å². The second kappa shape index (κ2) is 10.3. The summed E-state index contributed by atoms with van der Waals surface area (Å²) in [5, 5.41) is 14.3. The van der Waals surface area contributed by atoms with Gasteiger partial charge < -0.3 is 14.3 Å². The van der Waals surface area contributed by atoms with Gasteiger partial charge in [-0.1, -0.05) is 79.7 Å². The van der Waals surface area contributed by atoms with Crippen molar-refractivity contribution in [1.29, 1.82) is 0 Å². The number of phenols is 1. The van der Waals surface area contributed by atoms with E-state index in [0.29, 0.717) is 51.4 Å². The quantitative estimate of drug-likeness (QED) is 0.254. The summed E-state index contributed by atoms with van der Waals surface area (Å²) >= 11 is 0. The molecule has 4 aromatic rings. The molecule has 0 radical (unpaired) electrons. The molecule has 6 rings (SSSR count). The maximum atomic E-state index is 13.6. The maximum absolute atomic E-state index is 13.6. The molecule has 0 spiro atoms. The number of ketones is 1. The average molecular weight is 595 g/mol. The van der Waals surface area contributed by atoms with Gasteiger partial charge in [0.15, 0.2) is 17.3 Å². The lowest BCUT2D eigenvalue weighted by Gasteiger charge is -2.38. The van der Waals surface area contributed by atoms with Crippen molar-refractivity contribution in [3.63, 3.8) is 0 Å². The summed E-state index contributed by atoms with van der Waals surface area (Å²) in [6.45, 7) is 16.4. The van der Waals surface area contributed by atoms with Crippen LogP contribution in [0.25, 0.3) is 21.5 Å². The van der Waals surface area contributed by atoms with E-state index in [-0.39, 0.29) is 34.2 Å². The summed E-state index contributed by atoms with van der Waals surface area (Å²) in [6, 6.07) is 11.7. The first kappa shape index (κ1) is 30.1. The van der Waals surface area contributed by atoms with Crippen LogP contribution in [-0.4, -0.2) is 10.9 Å². The number of carbonyl (C=O) groups is 1. The van der Waals surface area contributed by atoms with E-state index < -0.39 is 17.4 Å². The van der Waals surface area contributed by atoms with E-state index in [1.807, 2.05) is 58.0 Å². The second-order valence-electron chi connectivity index (χ2n) is 14.6.